The van der Waals surface area contributed by atoms with Crippen LogP contribution in [0, 0.1) is 5.41 Å². The number of hydrogen-bond acceptors (Lipinski definition) is 4. The molecule has 1 heterocycles. The third-order valence-corrected chi connectivity index (χ3v) is 8.31. The molecule has 0 radical (unpaired) electrons. The van der Waals surface area contributed by atoms with Crippen molar-refractivity contribution in [2.24, 2.45) is 5.41 Å². The second kappa shape index (κ2) is 10.8. The van der Waals surface area contributed by atoms with Crippen molar-refractivity contribution in [3.63, 3.8) is 0 Å². The summed E-state index contributed by atoms with van der Waals surface area (Å²) in [6.45, 7) is 13.4. The molecule has 0 aliphatic carbocycles. The SMILES string of the molecule is CCCCC1(COCCC[Si](CC)(OCC)OCC)COC1. The van der Waals surface area contributed by atoms with Gasteiger partial charge < -0.3 is 18.3 Å². The summed E-state index contributed by atoms with van der Waals surface area (Å²) in [5, 5.41) is 0. The summed E-state index contributed by atoms with van der Waals surface area (Å²) >= 11 is 0. The van der Waals surface area contributed by atoms with Gasteiger partial charge in [0.1, 0.15) is 0 Å². The van der Waals surface area contributed by atoms with Gasteiger partial charge in [-0.05, 0) is 38.8 Å². The summed E-state index contributed by atoms with van der Waals surface area (Å²) < 4.78 is 23.4. The first-order chi connectivity index (χ1) is 10.7. The number of rotatable bonds is 14. The third-order valence-electron chi connectivity index (χ3n) is 4.49. The quantitative estimate of drug-likeness (QED) is 0.354. The number of unbranched alkanes of at least 4 members (excludes halogenated alkanes) is 1. The van der Waals surface area contributed by atoms with E-state index in [9.17, 15) is 0 Å². The van der Waals surface area contributed by atoms with Crippen molar-refractivity contribution in [3.05, 3.63) is 0 Å². The zero-order chi connectivity index (χ0) is 16.3. The van der Waals surface area contributed by atoms with Crippen molar-refractivity contribution in [3.8, 4) is 0 Å². The van der Waals surface area contributed by atoms with Gasteiger partial charge in [-0.15, -0.1) is 0 Å². The van der Waals surface area contributed by atoms with Crippen molar-refractivity contribution >= 4 is 8.56 Å². The average Bonchev–Trinajstić information content (AvgIpc) is 2.48. The van der Waals surface area contributed by atoms with Crippen LogP contribution in [0.4, 0.5) is 0 Å². The van der Waals surface area contributed by atoms with Gasteiger partial charge in [-0.1, -0.05) is 26.7 Å². The predicted octanol–water partition coefficient (Wildman–Crippen LogP) is 4.14. The summed E-state index contributed by atoms with van der Waals surface area (Å²) in [5.74, 6) is 0. The lowest BCUT2D eigenvalue weighted by Gasteiger charge is -2.41. The summed E-state index contributed by atoms with van der Waals surface area (Å²) in [6, 6.07) is 2.05. The molecule has 0 bridgehead atoms. The molecule has 0 aromatic rings. The highest BCUT2D eigenvalue weighted by Gasteiger charge is 2.38. The maximum absolute atomic E-state index is 5.99. The van der Waals surface area contributed by atoms with E-state index >= 15 is 0 Å². The van der Waals surface area contributed by atoms with Crippen LogP contribution in [0.25, 0.3) is 0 Å². The molecule has 1 aliphatic rings. The van der Waals surface area contributed by atoms with E-state index in [-0.39, 0.29) is 0 Å². The van der Waals surface area contributed by atoms with Crippen molar-refractivity contribution in [1.29, 1.82) is 0 Å². The highest BCUT2D eigenvalue weighted by Crippen LogP contribution is 2.33. The van der Waals surface area contributed by atoms with E-state index in [1.807, 2.05) is 0 Å². The minimum absolute atomic E-state index is 0.301. The van der Waals surface area contributed by atoms with E-state index in [0.29, 0.717) is 5.41 Å². The zero-order valence-corrected chi connectivity index (χ0v) is 16.1. The monoisotopic (exact) mass is 332 g/mol. The Bertz CT molecular complexity index is 276. The first-order valence-corrected chi connectivity index (χ1v) is 11.3. The Morgan fingerprint density at radius 3 is 2.14 bits per heavy atom. The molecule has 1 aliphatic heterocycles. The van der Waals surface area contributed by atoms with Crippen LogP contribution >= 0.6 is 0 Å². The Kier molecular flexibility index (Phi) is 9.83. The molecule has 1 rings (SSSR count). The van der Waals surface area contributed by atoms with Gasteiger partial charge in [0.25, 0.3) is 0 Å². The summed E-state index contributed by atoms with van der Waals surface area (Å²) in [5.41, 5.74) is 0.301. The number of ether oxygens (including phenoxy) is 2. The summed E-state index contributed by atoms with van der Waals surface area (Å²) in [7, 11) is -1.99. The van der Waals surface area contributed by atoms with E-state index in [4.69, 9.17) is 18.3 Å². The topological polar surface area (TPSA) is 36.9 Å². The molecule has 1 saturated heterocycles. The van der Waals surface area contributed by atoms with Gasteiger partial charge in [0, 0.05) is 25.2 Å². The molecule has 0 aromatic carbocycles. The number of hydrogen-bond donors (Lipinski definition) is 0. The molecular formula is C17H36O4Si. The predicted molar refractivity (Wildman–Crippen MR) is 92.5 cm³/mol. The van der Waals surface area contributed by atoms with Gasteiger partial charge in [0.05, 0.1) is 19.8 Å². The lowest BCUT2D eigenvalue weighted by Crippen LogP contribution is -2.46. The van der Waals surface area contributed by atoms with E-state index in [2.05, 4.69) is 27.7 Å². The van der Waals surface area contributed by atoms with Crippen LogP contribution in [0.15, 0.2) is 0 Å². The van der Waals surface area contributed by atoms with E-state index in [1.54, 1.807) is 0 Å². The van der Waals surface area contributed by atoms with E-state index in [0.717, 1.165) is 58.2 Å². The smallest absolute Gasteiger partial charge is 0.337 e. The van der Waals surface area contributed by atoms with Crippen molar-refractivity contribution in [1.82, 2.24) is 0 Å². The van der Waals surface area contributed by atoms with Crippen LogP contribution in [0.5, 0.6) is 0 Å². The van der Waals surface area contributed by atoms with Crippen LogP contribution in [0.3, 0.4) is 0 Å². The van der Waals surface area contributed by atoms with Crippen LogP contribution in [-0.4, -0.2) is 48.2 Å². The first-order valence-electron chi connectivity index (χ1n) is 9.09. The van der Waals surface area contributed by atoms with Gasteiger partial charge in [-0.2, -0.15) is 0 Å². The van der Waals surface area contributed by atoms with Crippen molar-refractivity contribution in [2.45, 2.75) is 65.5 Å². The van der Waals surface area contributed by atoms with Crippen LogP contribution in [-0.2, 0) is 18.3 Å². The standard InChI is InChI=1S/C17H36O4Si/c1-5-9-11-17(15-19-16-17)14-18-12-10-13-22(8-4,20-6-2)21-7-3/h5-16H2,1-4H3. The first kappa shape index (κ1) is 20.1. The largest absolute Gasteiger partial charge is 0.394 e. The second-order valence-electron chi connectivity index (χ2n) is 6.38. The molecule has 5 heteroatoms. The Morgan fingerprint density at radius 1 is 1.00 bits per heavy atom. The lowest BCUT2D eigenvalue weighted by atomic mass is 9.82. The maximum atomic E-state index is 5.99. The molecule has 0 atom stereocenters. The molecule has 0 spiro atoms. The van der Waals surface area contributed by atoms with Gasteiger partial charge in [-0.3, -0.25) is 0 Å². The van der Waals surface area contributed by atoms with Crippen molar-refractivity contribution < 1.29 is 18.3 Å². The molecule has 22 heavy (non-hydrogen) atoms. The molecule has 0 amide bonds. The van der Waals surface area contributed by atoms with E-state index < -0.39 is 8.56 Å². The Hall–Kier alpha value is 0.0569. The van der Waals surface area contributed by atoms with E-state index in [1.165, 1.54) is 19.3 Å². The molecule has 0 N–H and O–H groups in total. The summed E-state index contributed by atoms with van der Waals surface area (Å²) in [4.78, 5) is 0. The highest BCUT2D eigenvalue weighted by atomic mass is 28.4. The van der Waals surface area contributed by atoms with Gasteiger partial charge in [0.15, 0.2) is 0 Å². The van der Waals surface area contributed by atoms with Gasteiger partial charge in [0.2, 0.25) is 0 Å². The Balaban J connectivity index is 2.24. The van der Waals surface area contributed by atoms with Gasteiger partial charge >= 0.3 is 8.56 Å². The van der Waals surface area contributed by atoms with Gasteiger partial charge in [-0.25, -0.2) is 0 Å². The van der Waals surface area contributed by atoms with Crippen molar-refractivity contribution in [2.75, 3.05) is 39.6 Å². The lowest BCUT2D eigenvalue weighted by molar-refractivity contribution is -0.153. The summed E-state index contributed by atoms with van der Waals surface area (Å²) in [6.07, 6.45) is 4.78. The van der Waals surface area contributed by atoms with Crippen LogP contribution in [0.1, 0.15) is 53.4 Å². The Labute approximate surface area is 138 Å². The molecular weight excluding hydrogens is 296 g/mol. The average molecular weight is 333 g/mol. The van der Waals surface area contributed by atoms with Crippen LogP contribution in [0.2, 0.25) is 12.1 Å². The maximum Gasteiger partial charge on any atom is 0.337 e. The normalized spacial score (nSPS) is 17.5. The zero-order valence-electron chi connectivity index (χ0n) is 15.1. The molecule has 0 aromatic heterocycles. The highest BCUT2D eigenvalue weighted by molar-refractivity contribution is 6.67. The molecule has 1 fully saturated rings. The Morgan fingerprint density at radius 2 is 1.68 bits per heavy atom. The minimum atomic E-state index is -1.99. The fraction of sp³-hybridized carbons (Fsp3) is 1.00. The molecule has 0 saturated carbocycles. The fourth-order valence-corrected chi connectivity index (χ4v) is 5.94. The third kappa shape index (κ3) is 6.28. The molecule has 4 nitrogen and oxygen atoms in total. The molecule has 0 unspecified atom stereocenters. The minimum Gasteiger partial charge on any atom is -0.394 e. The molecule has 132 valence electrons. The second-order valence-corrected chi connectivity index (χ2v) is 9.99. The van der Waals surface area contributed by atoms with Crippen LogP contribution < -0.4 is 0 Å². The fourth-order valence-electron chi connectivity index (χ4n) is 3.07.